The Bertz CT molecular complexity index is 924. The highest BCUT2D eigenvalue weighted by atomic mass is 32.2. The smallest absolute Gasteiger partial charge is 0.251 e. The lowest BCUT2D eigenvalue weighted by atomic mass is 10.2. The largest absolute Gasteiger partial charge is 0.351 e. The molecule has 1 aliphatic heterocycles. The molecule has 6 nitrogen and oxygen atoms in total. The van der Waals surface area contributed by atoms with Crippen molar-refractivity contribution in [3.8, 4) is 0 Å². The summed E-state index contributed by atoms with van der Waals surface area (Å²) in [6.45, 7) is 4.96. The van der Waals surface area contributed by atoms with Gasteiger partial charge in [-0.15, -0.1) is 0 Å². The van der Waals surface area contributed by atoms with E-state index in [4.69, 9.17) is 0 Å². The molecule has 0 aromatic heterocycles. The number of sulfonamides is 1. The van der Waals surface area contributed by atoms with Crippen LogP contribution in [0.25, 0.3) is 0 Å². The van der Waals surface area contributed by atoms with Crippen LogP contribution in [0.2, 0.25) is 0 Å². The van der Waals surface area contributed by atoms with E-state index in [1.165, 1.54) is 22.5 Å². The SMILES string of the molecule is Cc1ccc(S(=O)(=O)N2CCN(CCNC(=O)c3cccc(F)c3)CC2)cc1. The van der Waals surface area contributed by atoms with E-state index in [-0.39, 0.29) is 11.5 Å². The van der Waals surface area contributed by atoms with Crippen LogP contribution < -0.4 is 5.32 Å². The highest BCUT2D eigenvalue weighted by Crippen LogP contribution is 2.18. The van der Waals surface area contributed by atoms with E-state index in [2.05, 4.69) is 10.2 Å². The van der Waals surface area contributed by atoms with Crippen molar-refractivity contribution in [3.63, 3.8) is 0 Å². The lowest BCUT2D eigenvalue weighted by Gasteiger charge is -2.34. The lowest BCUT2D eigenvalue weighted by molar-refractivity contribution is 0.0944. The minimum atomic E-state index is -3.47. The third-order valence-electron chi connectivity index (χ3n) is 4.79. The van der Waals surface area contributed by atoms with Gasteiger partial charge >= 0.3 is 0 Å². The second kappa shape index (κ2) is 8.81. The summed E-state index contributed by atoms with van der Waals surface area (Å²) in [6, 6.07) is 12.4. The Morgan fingerprint density at radius 2 is 1.75 bits per heavy atom. The van der Waals surface area contributed by atoms with Gasteiger partial charge in [-0.2, -0.15) is 4.31 Å². The summed E-state index contributed by atoms with van der Waals surface area (Å²) in [7, 11) is -3.47. The first kappa shape index (κ1) is 20.4. The van der Waals surface area contributed by atoms with Crippen molar-refractivity contribution >= 4 is 15.9 Å². The molecule has 0 unspecified atom stereocenters. The molecule has 8 heteroatoms. The van der Waals surface area contributed by atoms with Gasteiger partial charge in [0.25, 0.3) is 5.91 Å². The predicted molar refractivity (Wildman–Crippen MR) is 105 cm³/mol. The molecule has 0 saturated carbocycles. The predicted octanol–water partition coefficient (Wildman–Crippen LogP) is 1.87. The summed E-state index contributed by atoms with van der Waals surface area (Å²) in [5, 5.41) is 2.77. The van der Waals surface area contributed by atoms with Crippen molar-refractivity contribution in [1.82, 2.24) is 14.5 Å². The first-order valence-electron chi connectivity index (χ1n) is 9.19. The van der Waals surface area contributed by atoms with E-state index in [1.807, 2.05) is 6.92 Å². The zero-order valence-electron chi connectivity index (χ0n) is 15.8. The van der Waals surface area contributed by atoms with Crippen LogP contribution in [0.1, 0.15) is 15.9 Å². The third-order valence-corrected chi connectivity index (χ3v) is 6.70. The zero-order valence-corrected chi connectivity index (χ0v) is 16.6. The number of amides is 1. The first-order valence-corrected chi connectivity index (χ1v) is 10.6. The number of hydrogen-bond donors (Lipinski definition) is 1. The van der Waals surface area contributed by atoms with Crippen LogP contribution in [-0.4, -0.2) is 62.8 Å². The highest BCUT2D eigenvalue weighted by molar-refractivity contribution is 7.89. The number of nitrogens with zero attached hydrogens (tertiary/aromatic N) is 2. The van der Waals surface area contributed by atoms with Gasteiger partial charge in [0.1, 0.15) is 5.82 Å². The van der Waals surface area contributed by atoms with Gasteiger partial charge in [0.15, 0.2) is 0 Å². The van der Waals surface area contributed by atoms with Gasteiger partial charge < -0.3 is 5.32 Å². The fourth-order valence-electron chi connectivity index (χ4n) is 3.11. The molecule has 150 valence electrons. The van der Waals surface area contributed by atoms with Gasteiger partial charge in [0, 0.05) is 44.8 Å². The maximum absolute atomic E-state index is 13.2. The van der Waals surface area contributed by atoms with E-state index >= 15 is 0 Å². The van der Waals surface area contributed by atoms with E-state index in [9.17, 15) is 17.6 Å². The molecule has 1 amide bonds. The summed E-state index contributed by atoms with van der Waals surface area (Å²) in [5.74, 6) is -0.765. The number of carbonyl (C=O) groups is 1. The first-order chi connectivity index (χ1) is 13.4. The lowest BCUT2D eigenvalue weighted by Crippen LogP contribution is -2.50. The van der Waals surface area contributed by atoms with Gasteiger partial charge in [-0.1, -0.05) is 23.8 Å². The number of aryl methyl sites for hydroxylation is 1. The minimum absolute atomic E-state index is 0.286. The fourth-order valence-corrected chi connectivity index (χ4v) is 4.53. The zero-order chi connectivity index (χ0) is 20.1. The molecule has 0 aliphatic carbocycles. The molecule has 0 atom stereocenters. The minimum Gasteiger partial charge on any atom is -0.351 e. The molecular formula is C20H24FN3O3S. The van der Waals surface area contributed by atoms with Crippen LogP contribution in [-0.2, 0) is 10.0 Å². The van der Waals surface area contributed by atoms with E-state index < -0.39 is 15.8 Å². The number of nitrogens with one attached hydrogen (secondary N) is 1. The molecule has 3 rings (SSSR count). The number of hydrogen-bond acceptors (Lipinski definition) is 4. The van der Waals surface area contributed by atoms with Crippen molar-refractivity contribution in [3.05, 3.63) is 65.5 Å². The molecule has 0 bridgehead atoms. The average molecular weight is 405 g/mol. The normalized spacial score (nSPS) is 16.1. The maximum Gasteiger partial charge on any atom is 0.251 e. The Labute approximate surface area is 165 Å². The molecule has 0 spiro atoms. The Morgan fingerprint density at radius 1 is 1.07 bits per heavy atom. The van der Waals surface area contributed by atoms with E-state index in [0.717, 1.165) is 5.56 Å². The van der Waals surface area contributed by atoms with Crippen molar-refractivity contribution in [2.24, 2.45) is 0 Å². The molecule has 1 saturated heterocycles. The summed E-state index contributed by atoms with van der Waals surface area (Å²) in [5.41, 5.74) is 1.30. The van der Waals surface area contributed by atoms with Crippen LogP contribution in [0.4, 0.5) is 4.39 Å². The summed E-state index contributed by atoms with van der Waals surface area (Å²) >= 11 is 0. The van der Waals surface area contributed by atoms with Crippen LogP contribution in [0.15, 0.2) is 53.4 Å². The molecule has 1 aliphatic rings. The Balaban J connectivity index is 1.46. The Morgan fingerprint density at radius 3 is 2.39 bits per heavy atom. The average Bonchev–Trinajstić information content (AvgIpc) is 2.68. The summed E-state index contributed by atoms with van der Waals surface area (Å²) in [6.07, 6.45) is 0. The van der Waals surface area contributed by atoms with Gasteiger partial charge in [0.05, 0.1) is 4.90 Å². The van der Waals surface area contributed by atoms with E-state index in [0.29, 0.717) is 44.2 Å². The Kier molecular flexibility index (Phi) is 6.43. The summed E-state index contributed by atoms with van der Waals surface area (Å²) < 4.78 is 40.1. The second-order valence-electron chi connectivity index (χ2n) is 6.83. The number of rotatable bonds is 6. The second-order valence-corrected chi connectivity index (χ2v) is 8.76. The van der Waals surface area contributed by atoms with Crippen LogP contribution >= 0.6 is 0 Å². The van der Waals surface area contributed by atoms with E-state index in [1.54, 1.807) is 30.3 Å². The Hall–Kier alpha value is -2.29. The van der Waals surface area contributed by atoms with Crippen molar-refractivity contribution in [2.45, 2.75) is 11.8 Å². The molecule has 1 N–H and O–H groups in total. The number of halogens is 1. The number of carbonyl (C=O) groups excluding carboxylic acids is 1. The molecule has 2 aromatic rings. The van der Waals surface area contributed by atoms with Crippen LogP contribution in [0.5, 0.6) is 0 Å². The van der Waals surface area contributed by atoms with Crippen molar-refractivity contribution < 1.29 is 17.6 Å². The van der Waals surface area contributed by atoms with Gasteiger partial charge in [0.2, 0.25) is 10.0 Å². The molecule has 0 radical (unpaired) electrons. The topological polar surface area (TPSA) is 69.7 Å². The molecule has 2 aromatic carbocycles. The number of piperazine rings is 1. The molecule has 1 fully saturated rings. The van der Waals surface area contributed by atoms with Crippen LogP contribution in [0.3, 0.4) is 0 Å². The van der Waals surface area contributed by atoms with Gasteiger partial charge in [-0.3, -0.25) is 9.69 Å². The molecule has 1 heterocycles. The molecular weight excluding hydrogens is 381 g/mol. The quantitative estimate of drug-likeness (QED) is 0.797. The fraction of sp³-hybridized carbons (Fsp3) is 0.350. The number of benzene rings is 2. The van der Waals surface area contributed by atoms with Crippen LogP contribution in [0, 0.1) is 12.7 Å². The maximum atomic E-state index is 13.2. The van der Waals surface area contributed by atoms with Gasteiger partial charge in [-0.05, 0) is 37.3 Å². The molecule has 28 heavy (non-hydrogen) atoms. The standard InChI is InChI=1S/C20H24FN3O3S/c1-16-5-7-19(8-6-16)28(26,27)24-13-11-23(12-14-24)10-9-22-20(25)17-3-2-4-18(21)15-17/h2-8,15H,9-14H2,1H3,(H,22,25). The highest BCUT2D eigenvalue weighted by Gasteiger charge is 2.28. The van der Waals surface area contributed by atoms with Crippen molar-refractivity contribution in [2.75, 3.05) is 39.3 Å². The third kappa shape index (κ3) is 4.95. The van der Waals surface area contributed by atoms with Crippen molar-refractivity contribution in [1.29, 1.82) is 0 Å². The monoisotopic (exact) mass is 405 g/mol. The van der Waals surface area contributed by atoms with Gasteiger partial charge in [-0.25, -0.2) is 12.8 Å². The summed E-state index contributed by atoms with van der Waals surface area (Å²) in [4.78, 5) is 14.4.